The van der Waals surface area contributed by atoms with Gasteiger partial charge in [-0.25, -0.2) is 0 Å². The standard InChI is InChI=1S/C18H24O/c1-16(2)14(12-13-10-8-7-9-11-13)15(19)17(3,4)18(16,5)6/h7-12H,1-6H3/b14-12-. The third-order valence-corrected chi connectivity index (χ3v) is 5.72. The van der Waals surface area contributed by atoms with Gasteiger partial charge in [0, 0.05) is 11.0 Å². The maximum absolute atomic E-state index is 12.8. The van der Waals surface area contributed by atoms with Gasteiger partial charge in [0.25, 0.3) is 0 Å². The molecule has 0 N–H and O–H groups in total. The van der Waals surface area contributed by atoms with Gasteiger partial charge in [-0.15, -0.1) is 0 Å². The lowest BCUT2D eigenvalue weighted by Gasteiger charge is -2.42. The lowest BCUT2D eigenvalue weighted by molar-refractivity contribution is -0.125. The van der Waals surface area contributed by atoms with Crippen molar-refractivity contribution in [3.8, 4) is 0 Å². The fourth-order valence-electron chi connectivity index (χ4n) is 2.98. The maximum atomic E-state index is 12.8. The van der Waals surface area contributed by atoms with Gasteiger partial charge in [0.1, 0.15) is 0 Å². The Morgan fingerprint density at radius 3 is 1.79 bits per heavy atom. The molecule has 2 rings (SSSR count). The zero-order valence-corrected chi connectivity index (χ0v) is 12.9. The van der Waals surface area contributed by atoms with Crippen LogP contribution in [0.2, 0.25) is 0 Å². The molecule has 1 aliphatic rings. The Morgan fingerprint density at radius 1 is 0.842 bits per heavy atom. The summed E-state index contributed by atoms with van der Waals surface area (Å²) in [6.07, 6.45) is 2.07. The third kappa shape index (κ3) is 1.79. The Labute approximate surface area is 116 Å². The summed E-state index contributed by atoms with van der Waals surface area (Å²) in [5.74, 6) is 0.284. The quantitative estimate of drug-likeness (QED) is 0.664. The zero-order chi connectivity index (χ0) is 14.5. The van der Waals surface area contributed by atoms with E-state index in [0.29, 0.717) is 0 Å². The Bertz CT molecular complexity index is 530. The smallest absolute Gasteiger partial charge is 0.165 e. The van der Waals surface area contributed by atoms with Crippen molar-refractivity contribution >= 4 is 11.9 Å². The SMILES string of the molecule is CC1(C)C(=O)/C(=C/c2ccccc2)C(C)(C)C1(C)C. The molecule has 0 aliphatic heterocycles. The minimum Gasteiger partial charge on any atom is -0.294 e. The van der Waals surface area contributed by atoms with Crippen molar-refractivity contribution in [3.05, 3.63) is 41.5 Å². The lowest BCUT2D eigenvalue weighted by atomic mass is 9.60. The molecule has 1 saturated carbocycles. The van der Waals surface area contributed by atoms with E-state index in [9.17, 15) is 4.79 Å². The molecule has 0 aromatic heterocycles. The molecule has 1 nitrogen and oxygen atoms in total. The molecule has 0 unspecified atom stereocenters. The normalized spacial score (nSPS) is 25.8. The number of hydrogen-bond donors (Lipinski definition) is 0. The van der Waals surface area contributed by atoms with Gasteiger partial charge in [-0.05, 0) is 22.5 Å². The van der Waals surface area contributed by atoms with Crippen LogP contribution < -0.4 is 0 Å². The van der Waals surface area contributed by atoms with Gasteiger partial charge in [-0.1, -0.05) is 71.9 Å². The summed E-state index contributed by atoms with van der Waals surface area (Å²) >= 11 is 0. The molecular weight excluding hydrogens is 232 g/mol. The van der Waals surface area contributed by atoms with E-state index < -0.39 is 0 Å². The topological polar surface area (TPSA) is 17.1 Å². The number of benzene rings is 1. The van der Waals surface area contributed by atoms with E-state index in [1.807, 2.05) is 18.2 Å². The first-order valence-electron chi connectivity index (χ1n) is 6.94. The van der Waals surface area contributed by atoms with Crippen LogP contribution in [0.15, 0.2) is 35.9 Å². The van der Waals surface area contributed by atoms with Gasteiger partial charge in [-0.3, -0.25) is 4.79 Å². The molecule has 0 spiro atoms. The molecular formula is C18H24O. The van der Waals surface area contributed by atoms with E-state index in [4.69, 9.17) is 0 Å². The second-order valence-electron chi connectivity index (χ2n) is 7.17. The van der Waals surface area contributed by atoms with Crippen LogP contribution in [0.25, 0.3) is 6.08 Å². The van der Waals surface area contributed by atoms with Crippen LogP contribution in [0, 0.1) is 16.2 Å². The number of carbonyl (C=O) groups is 1. The lowest BCUT2D eigenvalue weighted by Crippen LogP contribution is -2.38. The molecule has 19 heavy (non-hydrogen) atoms. The molecule has 0 saturated heterocycles. The minimum atomic E-state index is -0.322. The van der Waals surface area contributed by atoms with Gasteiger partial charge < -0.3 is 0 Å². The van der Waals surface area contributed by atoms with Crippen molar-refractivity contribution in [2.45, 2.75) is 41.5 Å². The van der Waals surface area contributed by atoms with Crippen LogP contribution >= 0.6 is 0 Å². The Kier molecular flexibility index (Phi) is 3.00. The van der Waals surface area contributed by atoms with Gasteiger partial charge in [0.05, 0.1) is 0 Å². The summed E-state index contributed by atoms with van der Waals surface area (Å²) in [6, 6.07) is 10.1. The number of ketones is 1. The largest absolute Gasteiger partial charge is 0.294 e. The predicted octanol–water partition coefficient (Wildman–Crippen LogP) is 4.73. The van der Waals surface area contributed by atoms with E-state index in [-0.39, 0.29) is 22.0 Å². The van der Waals surface area contributed by atoms with Crippen molar-refractivity contribution in [1.29, 1.82) is 0 Å². The van der Waals surface area contributed by atoms with Crippen LogP contribution in [0.5, 0.6) is 0 Å². The summed E-state index contributed by atoms with van der Waals surface area (Å²) in [7, 11) is 0. The molecule has 1 fully saturated rings. The maximum Gasteiger partial charge on any atom is 0.165 e. The van der Waals surface area contributed by atoms with Crippen molar-refractivity contribution in [2.24, 2.45) is 16.2 Å². The molecule has 0 heterocycles. The molecule has 0 amide bonds. The highest BCUT2D eigenvalue weighted by atomic mass is 16.1. The van der Waals surface area contributed by atoms with Crippen LogP contribution in [0.4, 0.5) is 0 Å². The Hall–Kier alpha value is -1.37. The molecule has 1 aromatic carbocycles. The third-order valence-electron chi connectivity index (χ3n) is 5.72. The molecule has 102 valence electrons. The Morgan fingerprint density at radius 2 is 1.37 bits per heavy atom. The van der Waals surface area contributed by atoms with Crippen LogP contribution in [-0.4, -0.2) is 5.78 Å². The molecule has 0 radical (unpaired) electrons. The molecule has 1 aliphatic carbocycles. The number of allylic oxidation sites excluding steroid dienone is 1. The molecule has 1 aromatic rings. The van der Waals surface area contributed by atoms with Crippen molar-refractivity contribution < 1.29 is 4.79 Å². The Balaban J connectivity index is 2.59. The van der Waals surface area contributed by atoms with Crippen molar-refractivity contribution in [1.82, 2.24) is 0 Å². The predicted molar refractivity (Wildman–Crippen MR) is 80.8 cm³/mol. The first kappa shape index (κ1) is 14.0. The number of hydrogen-bond acceptors (Lipinski definition) is 1. The average molecular weight is 256 g/mol. The zero-order valence-electron chi connectivity index (χ0n) is 12.9. The fraction of sp³-hybridized carbons (Fsp3) is 0.500. The van der Waals surface area contributed by atoms with Crippen LogP contribution in [0.1, 0.15) is 47.1 Å². The summed E-state index contributed by atoms with van der Waals surface area (Å²) in [5, 5.41) is 0. The van der Waals surface area contributed by atoms with Crippen LogP contribution in [0.3, 0.4) is 0 Å². The average Bonchev–Trinajstić information content (AvgIpc) is 2.42. The van der Waals surface area contributed by atoms with E-state index in [1.54, 1.807) is 0 Å². The monoisotopic (exact) mass is 256 g/mol. The molecule has 0 atom stereocenters. The summed E-state index contributed by atoms with van der Waals surface area (Å²) < 4.78 is 0. The summed E-state index contributed by atoms with van der Waals surface area (Å²) in [5.41, 5.74) is 1.55. The van der Waals surface area contributed by atoms with Gasteiger partial charge in [-0.2, -0.15) is 0 Å². The summed E-state index contributed by atoms with van der Waals surface area (Å²) in [4.78, 5) is 12.8. The van der Waals surface area contributed by atoms with Gasteiger partial charge in [0.2, 0.25) is 0 Å². The molecule has 0 bridgehead atoms. The van der Waals surface area contributed by atoms with E-state index in [0.717, 1.165) is 11.1 Å². The minimum absolute atomic E-state index is 0.0578. The first-order chi connectivity index (χ1) is 8.62. The first-order valence-corrected chi connectivity index (χ1v) is 6.94. The number of rotatable bonds is 1. The van der Waals surface area contributed by atoms with E-state index in [2.05, 4.69) is 59.8 Å². The molecule has 1 heteroatoms. The highest BCUT2D eigenvalue weighted by Gasteiger charge is 2.61. The van der Waals surface area contributed by atoms with E-state index in [1.165, 1.54) is 0 Å². The highest BCUT2D eigenvalue weighted by Crippen LogP contribution is 2.62. The van der Waals surface area contributed by atoms with Crippen molar-refractivity contribution in [3.63, 3.8) is 0 Å². The second-order valence-corrected chi connectivity index (χ2v) is 7.17. The van der Waals surface area contributed by atoms with Gasteiger partial charge >= 0.3 is 0 Å². The number of carbonyl (C=O) groups excluding carboxylic acids is 1. The van der Waals surface area contributed by atoms with E-state index >= 15 is 0 Å². The fourth-order valence-corrected chi connectivity index (χ4v) is 2.98. The van der Waals surface area contributed by atoms with Crippen molar-refractivity contribution in [2.75, 3.05) is 0 Å². The van der Waals surface area contributed by atoms with Gasteiger partial charge in [0.15, 0.2) is 5.78 Å². The highest BCUT2D eigenvalue weighted by molar-refractivity contribution is 6.07. The van der Waals surface area contributed by atoms with Crippen LogP contribution in [-0.2, 0) is 4.79 Å². The second kappa shape index (κ2) is 4.06. The number of Topliss-reactive ketones (excluding diaryl/α,β-unsaturated/α-hetero) is 1. The summed E-state index contributed by atoms with van der Waals surface area (Å²) in [6.45, 7) is 12.9.